The quantitative estimate of drug-likeness (QED) is 0.896. The number of nitrogens with one attached hydrogen (secondary N) is 1. The van der Waals surface area contributed by atoms with Crippen LogP contribution in [0.3, 0.4) is 0 Å². The third-order valence-corrected chi connectivity index (χ3v) is 5.23. The number of rotatable bonds is 4. The number of nitrogens with zero attached hydrogens (tertiary/aromatic N) is 4. The number of piperidine rings is 1. The number of hydrogen-bond donors (Lipinski definition) is 1. The Kier molecular flexibility index (Phi) is 5.60. The molecule has 0 saturated carbocycles. The monoisotopic (exact) mass is 347 g/mol. The van der Waals surface area contributed by atoms with E-state index in [2.05, 4.69) is 10.4 Å². The summed E-state index contributed by atoms with van der Waals surface area (Å²) < 4.78 is 1.92. The molecule has 25 heavy (non-hydrogen) atoms. The highest BCUT2D eigenvalue weighted by Gasteiger charge is 2.27. The number of carbonyl (C=O) groups is 2. The van der Waals surface area contributed by atoms with Crippen LogP contribution in [0, 0.1) is 0 Å². The standard InChI is InChI=1S/C18H29N5O2/c1-3-19-18(25)23-12-9-16-14(13-23)15(20-21(16)2)7-8-17(24)22-10-5-4-6-11-22/h3-13H2,1-2H3,(H,19,25). The summed E-state index contributed by atoms with van der Waals surface area (Å²) in [5.74, 6) is 0.232. The number of carbonyl (C=O) groups excluding carboxylic acids is 2. The van der Waals surface area contributed by atoms with Crippen LogP contribution in [-0.4, -0.2) is 57.7 Å². The number of hydrogen-bond acceptors (Lipinski definition) is 3. The molecule has 7 nitrogen and oxygen atoms in total. The second-order valence-corrected chi connectivity index (χ2v) is 6.94. The van der Waals surface area contributed by atoms with E-state index in [1.807, 2.05) is 28.5 Å². The van der Waals surface area contributed by atoms with Gasteiger partial charge in [-0.1, -0.05) is 0 Å². The fourth-order valence-electron chi connectivity index (χ4n) is 3.83. The summed E-state index contributed by atoms with van der Waals surface area (Å²) in [7, 11) is 1.95. The van der Waals surface area contributed by atoms with Gasteiger partial charge in [-0.2, -0.15) is 5.10 Å². The average molecular weight is 347 g/mol. The maximum Gasteiger partial charge on any atom is 0.317 e. The van der Waals surface area contributed by atoms with Gasteiger partial charge in [0.2, 0.25) is 5.91 Å². The Morgan fingerprint density at radius 1 is 1.12 bits per heavy atom. The maximum atomic E-state index is 12.4. The summed E-state index contributed by atoms with van der Waals surface area (Å²) >= 11 is 0. The molecule has 0 unspecified atom stereocenters. The molecule has 0 spiro atoms. The number of aryl methyl sites for hydroxylation is 2. The normalized spacial score (nSPS) is 17.4. The van der Waals surface area contributed by atoms with E-state index in [0.29, 0.717) is 32.5 Å². The van der Waals surface area contributed by atoms with E-state index >= 15 is 0 Å². The molecule has 0 bridgehead atoms. The highest BCUT2D eigenvalue weighted by Crippen LogP contribution is 2.23. The Morgan fingerprint density at radius 3 is 2.60 bits per heavy atom. The van der Waals surface area contributed by atoms with Gasteiger partial charge in [0.1, 0.15) is 0 Å². The van der Waals surface area contributed by atoms with Crippen molar-refractivity contribution in [3.63, 3.8) is 0 Å². The Hall–Kier alpha value is -2.05. The fraction of sp³-hybridized carbons (Fsp3) is 0.722. The van der Waals surface area contributed by atoms with E-state index in [-0.39, 0.29) is 11.9 Å². The fourth-order valence-corrected chi connectivity index (χ4v) is 3.83. The van der Waals surface area contributed by atoms with E-state index in [0.717, 1.165) is 43.6 Å². The van der Waals surface area contributed by atoms with Crippen LogP contribution in [0.2, 0.25) is 0 Å². The first kappa shape index (κ1) is 17.8. The van der Waals surface area contributed by atoms with Gasteiger partial charge in [-0.05, 0) is 26.2 Å². The van der Waals surface area contributed by atoms with E-state index < -0.39 is 0 Å². The summed E-state index contributed by atoms with van der Waals surface area (Å²) in [6, 6.07) is -0.0210. The molecule has 2 aliphatic heterocycles. The first-order valence-corrected chi connectivity index (χ1v) is 9.44. The second kappa shape index (κ2) is 7.89. The molecule has 1 fully saturated rings. The third-order valence-electron chi connectivity index (χ3n) is 5.23. The lowest BCUT2D eigenvalue weighted by Crippen LogP contribution is -2.43. The van der Waals surface area contributed by atoms with Crippen LogP contribution < -0.4 is 5.32 Å². The summed E-state index contributed by atoms with van der Waals surface area (Å²) in [5.41, 5.74) is 3.30. The number of amides is 3. The third kappa shape index (κ3) is 3.96. The molecule has 0 aliphatic carbocycles. The first-order chi connectivity index (χ1) is 12.1. The first-order valence-electron chi connectivity index (χ1n) is 9.44. The van der Waals surface area contributed by atoms with Gasteiger partial charge >= 0.3 is 6.03 Å². The summed E-state index contributed by atoms with van der Waals surface area (Å²) in [6.07, 6.45) is 5.44. The molecule has 1 saturated heterocycles. The van der Waals surface area contributed by atoms with Crippen LogP contribution in [0.5, 0.6) is 0 Å². The van der Waals surface area contributed by atoms with E-state index in [1.165, 1.54) is 12.1 Å². The van der Waals surface area contributed by atoms with Crippen LogP contribution in [0.4, 0.5) is 4.79 Å². The van der Waals surface area contributed by atoms with Crippen molar-refractivity contribution in [2.45, 2.75) is 52.0 Å². The smallest absolute Gasteiger partial charge is 0.317 e. The molecule has 2 aliphatic rings. The van der Waals surface area contributed by atoms with Gasteiger partial charge in [0, 0.05) is 63.7 Å². The molecule has 1 aromatic rings. The van der Waals surface area contributed by atoms with Crippen molar-refractivity contribution in [2.24, 2.45) is 7.05 Å². The molecule has 3 rings (SSSR count). The van der Waals surface area contributed by atoms with Gasteiger partial charge in [-0.25, -0.2) is 4.79 Å². The number of urea groups is 1. The van der Waals surface area contributed by atoms with Gasteiger partial charge in [0.05, 0.1) is 12.2 Å². The molecule has 138 valence electrons. The molecule has 3 heterocycles. The van der Waals surface area contributed by atoms with Crippen molar-refractivity contribution in [3.8, 4) is 0 Å². The van der Waals surface area contributed by atoms with Crippen molar-refractivity contribution in [1.29, 1.82) is 0 Å². The van der Waals surface area contributed by atoms with Gasteiger partial charge in [0.25, 0.3) is 0 Å². The predicted octanol–water partition coefficient (Wildman–Crippen LogP) is 1.45. The number of aromatic nitrogens is 2. The van der Waals surface area contributed by atoms with Crippen molar-refractivity contribution < 1.29 is 9.59 Å². The zero-order valence-electron chi connectivity index (χ0n) is 15.4. The molecule has 1 aromatic heterocycles. The SMILES string of the molecule is CCNC(=O)N1CCc2c(c(CCC(=O)N3CCCCC3)nn2C)C1. The zero-order valence-corrected chi connectivity index (χ0v) is 15.4. The topological polar surface area (TPSA) is 70.5 Å². The number of likely N-dealkylation sites (tertiary alicyclic amines) is 1. The van der Waals surface area contributed by atoms with Gasteiger partial charge in [-0.15, -0.1) is 0 Å². The molecule has 0 radical (unpaired) electrons. The Balaban J connectivity index is 1.65. The Morgan fingerprint density at radius 2 is 1.88 bits per heavy atom. The van der Waals surface area contributed by atoms with Crippen LogP contribution in [0.15, 0.2) is 0 Å². The van der Waals surface area contributed by atoms with Crippen LogP contribution in [0.25, 0.3) is 0 Å². The zero-order chi connectivity index (χ0) is 17.8. The molecule has 0 aromatic carbocycles. The highest BCUT2D eigenvalue weighted by atomic mass is 16.2. The molecule has 0 atom stereocenters. The van der Waals surface area contributed by atoms with Crippen molar-refractivity contribution >= 4 is 11.9 Å². The van der Waals surface area contributed by atoms with E-state index in [9.17, 15) is 9.59 Å². The van der Waals surface area contributed by atoms with E-state index in [4.69, 9.17) is 0 Å². The molecular formula is C18H29N5O2. The van der Waals surface area contributed by atoms with Gasteiger partial charge in [-0.3, -0.25) is 9.48 Å². The lowest BCUT2D eigenvalue weighted by Gasteiger charge is -2.28. The van der Waals surface area contributed by atoms with E-state index in [1.54, 1.807) is 0 Å². The minimum absolute atomic E-state index is 0.0210. The minimum Gasteiger partial charge on any atom is -0.343 e. The summed E-state index contributed by atoms with van der Waals surface area (Å²) in [6.45, 7) is 5.64. The minimum atomic E-state index is -0.0210. The van der Waals surface area contributed by atoms with Crippen LogP contribution >= 0.6 is 0 Å². The Labute approximate surface area is 149 Å². The summed E-state index contributed by atoms with van der Waals surface area (Å²) in [4.78, 5) is 28.4. The van der Waals surface area contributed by atoms with Crippen molar-refractivity contribution in [2.75, 3.05) is 26.2 Å². The average Bonchev–Trinajstić information content (AvgIpc) is 2.96. The van der Waals surface area contributed by atoms with Crippen LogP contribution in [0.1, 0.15) is 49.6 Å². The molecule has 3 amide bonds. The largest absolute Gasteiger partial charge is 0.343 e. The molecule has 1 N–H and O–H groups in total. The van der Waals surface area contributed by atoms with Gasteiger partial charge < -0.3 is 15.1 Å². The van der Waals surface area contributed by atoms with Gasteiger partial charge in [0.15, 0.2) is 0 Å². The summed E-state index contributed by atoms with van der Waals surface area (Å²) in [5, 5.41) is 7.50. The number of fused-ring (bicyclic) bond motifs is 1. The van der Waals surface area contributed by atoms with Crippen LogP contribution in [-0.2, 0) is 31.2 Å². The molecular weight excluding hydrogens is 318 g/mol. The van der Waals surface area contributed by atoms with Crippen molar-refractivity contribution in [3.05, 3.63) is 17.0 Å². The lowest BCUT2D eigenvalue weighted by molar-refractivity contribution is -0.132. The lowest BCUT2D eigenvalue weighted by atomic mass is 10.0. The predicted molar refractivity (Wildman–Crippen MR) is 95.1 cm³/mol. The van der Waals surface area contributed by atoms with Crippen molar-refractivity contribution in [1.82, 2.24) is 24.9 Å². The Bertz CT molecular complexity index is 634. The molecule has 7 heteroatoms. The highest BCUT2D eigenvalue weighted by molar-refractivity contribution is 5.76. The maximum absolute atomic E-state index is 12.4. The second-order valence-electron chi connectivity index (χ2n) is 6.94.